The van der Waals surface area contributed by atoms with Gasteiger partial charge in [0.05, 0.1) is 0 Å². The molecule has 5 heteroatoms. The second kappa shape index (κ2) is 5.80. The third-order valence-electron chi connectivity index (χ3n) is 2.29. The molecule has 1 aromatic rings. The van der Waals surface area contributed by atoms with E-state index < -0.39 is 11.1 Å². The average molecular weight is 228 g/mol. The van der Waals surface area contributed by atoms with Gasteiger partial charge in [0.2, 0.25) is 0 Å². The van der Waals surface area contributed by atoms with Crippen LogP contribution >= 0.6 is 12.6 Å². The molecule has 1 heterocycles. The summed E-state index contributed by atoms with van der Waals surface area (Å²) in [7, 11) is 1.58. The van der Waals surface area contributed by atoms with Gasteiger partial charge in [-0.1, -0.05) is 6.42 Å². The Kier molecular flexibility index (Phi) is 4.68. The van der Waals surface area contributed by atoms with Crippen LogP contribution < -0.4 is 11.1 Å². The van der Waals surface area contributed by atoms with Crippen molar-refractivity contribution in [1.82, 2.24) is 9.13 Å². The van der Waals surface area contributed by atoms with E-state index in [-0.39, 0.29) is 0 Å². The lowest BCUT2D eigenvalue weighted by Crippen LogP contribution is -2.39. The van der Waals surface area contributed by atoms with Crippen molar-refractivity contribution in [3.8, 4) is 0 Å². The molecule has 84 valence electrons. The molecule has 1 rings (SSSR count). The molecule has 0 saturated carbocycles. The maximum absolute atomic E-state index is 11.5. The Bertz CT molecular complexity index is 422. The Labute approximate surface area is 94.0 Å². The van der Waals surface area contributed by atoms with E-state index in [1.54, 1.807) is 19.4 Å². The Morgan fingerprint density at radius 2 is 1.87 bits per heavy atom. The van der Waals surface area contributed by atoms with E-state index in [4.69, 9.17) is 0 Å². The van der Waals surface area contributed by atoms with Gasteiger partial charge in [-0.15, -0.1) is 0 Å². The Morgan fingerprint density at radius 3 is 2.53 bits per heavy atom. The standard InChI is InChI=1S/C10H16N2O2S/c1-11-6-7-12(10(14)9(11)13)5-3-2-4-8-15/h6-7,15H,2-5,8H2,1H3. The highest BCUT2D eigenvalue weighted by atomic mass is 32.1. The Hall–Kier alpha value is -0.970. The summed E-state index contributed by atoms with van der Waals surface area (Å²) >= 11 is 4.11. The minimum atomic E-state index is -0.466. The van der Waals surface area contributed by atoms with Crippen LogP contribution in [0.15, 0.2) is 22.0 Å². The molecule has 15 heavy (non-hydrogen) atoms. The van der Waals surface area contributed by atoms with Crippen LogP contribution in [-0.4, -0.2) is 14.9 Å². The molecule has 4 nitrogen and oxygen atoms in total. The van der Waals surface area contributed by atoms with E-state index >= 15 is 0 Å². The van der Waals surface area contributed by atoms with E-state index in [0.29, 0.717) is 6.54 Å². The molecule has 0 unspecified atom stereocenters. The summed E-state index contributed by atoms with van der Waals surface area (Å²) in [4.78, 5) is 22.8. The van der Waals surface area contributed by atoms with Crippen molar-refractivity contribution < 1.29 is 0 Å². The first-order valence-electron chi connectivity index (χ1n) is 5.03. The molecule has 0 amide bonds. The van der Waals surface area contributed by atoms with Gasteiger partial charge in [-0.05, 0) is 18.6 Å². The topological polar surface area (TPSA) is 44.0 Å². The van der Waals surface area contributed by atoms with Crippen molar-refractivity contribution in [2.24, 2.45) is 7.05 Å². The molecule has 1 aromatic heterocycles. The van der Waals surface area contributed by atoms with Crippen LogP contribution in [0.3, 0.4) is 0 Å². The zero-order valence-corrected chi connectivity index (χ0v) is 9.74. The van der Waals surface area contributed by atoms with Crippen molar-refractivity contribution in [3.05, 3.63) is 33.1 Å². The monoisotopic (exact) mass is 228 g/mol. The lowest BCUT2D eigenvalue weighted by Gasteiger charge is -2.05. The fraction of sp³-hybridized carbons (Fsp3) is 0.600. The van der Waals surface area contributed by atoms with Crippen molar-refractivity contribution in [2.75, 3.05) is 5.75 Å². The molecule has 0 saturated heterocycles. The van der Waals surface area contributed by atoms with Gasteiger partial charge < -0.3 is 9.13 Å². The number of rotatable bonds is 5. The SMILES string of the molecule is Cn1ccn(CCCCCS)c(=O)c1=O. The number of hydrogen-bond acceptors (Lipinski definition) is 3. The van der Waals surface area contributed by atoms with Crippen LogP contribution in [0.25, 0.3) is 0 Å². The van der Waals surface area contributed by atoms with Gasteiger partial charge >= 0.3 is 11.1 Å². The molecular formula is C10H16N2O2S. The summed E-state index contributed by atoms with van der Waals surface area (Å²) in [6.07, 6.45) is 6.26. The molecule has 0 aliphatic rings. The number of unbranched alkanes of at least 4 members (excludes halogenated alkanes) is 2. The molecule has 0 spiro atoms. The lowest BCUT2D eigenvalue weighted by atomic mass is 10.2. The molecule has 0 aliphatic carbocycles. The second-order valence-corrected chi connectivity index (χ2v) is 3.94. The minimum Gasteiger partial charge on any atom is -0.312 e. The van der Waals surface area contributed by atoms with E-state index in [9.17, 15) is 9.59 Å². The summed E-state index contributed by atoms with van der Waals surface area (Å²) < 4.78 is 2.77. The maximum atomic E-state index is 11.5. The first kappa shape index (κ1) is 12.1. The summed E-state index contributed by atoms with van der Waals surface area (Å²) in [6.45, 7) is 0.614. The Morgan fingerprint density at radius 1 is 1.13 bits per heavy atom. The van der Waals surface area contributed by atoms with Crippen LogP contribution in [0.5, 0.6) is 0 Å². The predicted molar refractivity (Wildman–Crippen MR) is 63.6 cm³/mol. The second-order valence-electron chi connectivity index (χ2n) is 3.50. The van der Waals surface area contributed by atoms with Crippen LogP contribution in [0, 0.1) is 0 Å². The van der Waals surface area contributed by atoms with Crippen molar-refractivity contribution in [2.45, 2.75) is 25.8 Å². The molecule has 0 fully saturated rings. The molecule has 0 N–H and O–H groups in total. The van der Waals surface area contributed by atoms with Gasteiger partial charge in [0.25, 0.3) is 0 Å². The van der Waals surface area contributed by atoms with E-state index in [0.717, 1.165) is 25.0 Å². The number of aryl methyl sites for hydroxylation is 2. The quantitative estimate of drug-likeness (QED) is 0.457. The van der Waals surface area contributed by atoms with Gasteiger partial charge in [0, 0.05) is 26.0 Å². The van der Waals surface area contributed by atoms with E-state index in [2.05, 4.69) is 12.6 Å². The summed E-state index contributed by atoms with van der Waals surface area (Å²) in [5.41, 5.74) is -0.905. The van der Waals surface area contributed by atoms with Gasteiger partial charge in [-0.2, -0.15) is 12.6 Å². The first-order valence-corrected chi connectivity index (χ1v) is 5.67. The minimum absolute atomic E-state index is 0.439. The predicted octanol–water partition coefficient (Wildman–Crippen LogP) is 0.647. The number of thiol groups is 1. The third kappa shape index (κ3) is 3.27. The van der Waals surface area contributed by atoms with Gasteiger partial charge in [0.15, 0.2) is 0 Å². The maximum Gasteiger partial charge on any atom is 0.316 e. The van der Waals surface area contributed by atoms with Gasteiger partial charge in [-0.25, -0.2) is 0 Å². The van der Waals surface area contributed by atoms with Crippen LogP contribution in [0.4, 0.5) is 0 Å². The fourth-order valence-electron chi connectivity index (χ4n) is 1.34. The van der Waals surface area contributed by atoms with E-state index in [1.807, 2.05) is 0 Å². The number of hydrogen-bond donors (Lipinski definition) is 1. The first-order chi connectivity index (χ1) is 7.16. The van der Waals surface area contributed by atoms with Crippen LogP contribution in [0.1, 0.15) is 19.3 Å². The molecule has 0 bridgehead atoms. The zero-order valence-electron chi connectivity index (χ0n) is 8.85. The Balaban J connectivity index is 2.67. The fourth-order valence-corrected chi connectivity index (χ4v) is 1.56. The molecule has 0 aromatic carbocycles. The number of aromatic nitrogens is 2. The molecular weight excluding hydrogens is 212 g/mol. The smallest absolute Gasteiger partial charge is 0.312 e. The molecule has 0 atom stereocenters. The van der Waals surface area contributed by atoms with Crippen molar-refractivity contribution >= 4 is 12.6 Å². The highest BCUT2D eigenvalue weighted by Gasteiger charge is 2.01. The van der Waals surface area contributed by atoms with Gasteiger partial charge in [-0.3, -0.25) is 9.59 Å². The van der Waals surface area contributed by atoms with Gasteiger partial charge in [0.1, 0.15) is 0 Å². The number of nitrogens with zero attached hydrogens (tertiary/aromatic N) is 2. The third-order valence-corrected chi connectivity index (χ3v) is 2.61. The summed E-state index contributed by atoms with van der Waals surface area (Å²) in [5.74, 6) is 0.867. The van der Waals surface area contributed by atoms with Crippen LogP contribution in [0.2, 0.25) is 0 Å². The average Bonchev–Trinajstić information content (AvgIpc) is 2.24. The van der Waals surface area contributed by atoms with Crippen molar-refractivity contribution in [3.63, 3.8) is 0 Å². The van der Waals surface area contributed by atoms with E-state index in [1.165, 1.54) is 9.13 Å². The largest absolute Gasteiger partial charge is 0.316 e. The van der Waals surface area contributed by atoms with Crippen LogP contribution in [-0.2, 0) is 13.6 Å². The highest BCUT2D eigenvalue weighted by molar-refractivity contribution is 7.80. The molecule has 0 aliphatic heterocycles. The highest BCUT2D eigenvalue weighted by Crippen LogP contribution is 1.98. The van der Waals surface area contributed by atoms with Crippen molar-refractivity contribution in [1.29, 1.82) is 0 Å². The zero-order chi connectivity index (χ0) is 11.3. The lowest BCUT2D eigenvalue weighted by molar-refractivity contribution is 0.574. The molecule has 0 radical (unpaired) electrons. The summed E-state index contributed by atoms with van der Waals surface area (Å²) in [6, 6.07) is 0. The normalized spacial score (nSPS) is 10.5. The summed E-state index contributed by atoms with van der Waals surface area (Å²) in [5, 5.41) is 0.